The lowest BCUT2D eigenvalue weighted by atomic mass is 9.92. The zero-order valence-electron chi connectivity index (χ0n) is 9.31. The van der Waals surface area contributed by atoms with Crippen molar-refractivity contribution in [3.8, 4) is 0 Å². The molecule has 0 bridgehead atoms. The fourth-order valence-corrected chi connectivity index (χ4v) is 3.01. The number of para-hydroxylation sites is 1. The Morgan fingerprint density at radius 1 is 1.29 bits per heavy atom. The van der Waals surface area contributed by atoms with E-state index in [1.54, 1.807) is 0 Å². The summed E-state index contributed by atoms with van der Waals surface area (Å²) in [6.45, 7) is 0.756. The first-order chi connectivity index (χ1) is 8.36. The quantitative estimate of drug-likeness (QED) is 0.732. The smallest absolute Gasteiger partial charge is 0.253 e. The molecule has 0 aliphatic carbocycles. The van der Waals surface area contributed by atoms with E-state index in [9.17, 15) is 4.79 Å². The molecule has 1 unspecified atom stereocenters. The van der Waals surface area contributed by atoms with E-state index in [0.29, 0.717) is 5.92 Å². The van der Waals surface area contributed by atoms with Gasteiger partial charge in [-0.25, -0.2) is 0 Å². The van der Waals surface area contributed by atoms with Gasteiger partial charge in [0.25, 0.3) is 5.91 Å². The van der Waals surface area contributed by atoms with E-state index in [1.807, 2.05) is 18.2 Å². The van der Waals surface area contributed by atoms with Gasteiger partial charge in [0.1, 0.15) is 0 Å². The van der Waals surface area contributed by atoms with Gasteiger partial charge in [0, 0.05) is 29.7 Å². The zero-order chi connectivity index (χ0) is 11.4. The summed E-state index contributed by atoms with van der Waals surface area (Å²) in [5.74, 6) is 0.501. The second-order valence-corrected chi connectivity index (χ2v) is 4.67. The lowest BCUT2D eigenvalue weighted by Gasteiger charge is -2.26. The second-order valence-electron chi connectivity index (χ2n) is 4.67. The lowest BCUT2D eigenvalue weighted by molar-refractivity contribution is 0.0941. The number of aromatic nitrogens is 1. The van der Waals surface area contributed by atoms with E-state index < -0.39 is 0 Å². The standard InChI is InChI=1S/C14H12N2O/c17-14-12-10-5-1-2-6-11(10)16-7-3-4-9(8-15-14)13(12)16/h1-3,5-7,9H,4,8H2,(H,15,17). The van der Waals surface area contributed by atoms with Crippen molar-refractivity contribution in [2.45, 2.75) is 12.3 Å². The van der Waals surface area contributed by atoms with E-state index >= 15 is 0 Å². The van der Waals surface area contributed by atoms with Gasteiger partial charge in [-0.15, -0.1) is 0 Å². The third-order valence-electron chi connectivity index (χ3n) is 3.75. The predicted molar refractivity (Wildman–Crippen MR) is 67.0 cm³/mol. The molecule has 3 heteroatoms. The van der Waals surface area contributed by atoms with Gasteiger partial charge in [-0.3, -0.25) is 4.79 Å². The first-order valence-electron chi connectivity index (χ1n) is 5.94. The minimum Gasteiger partial charge on any atom is -0.351 e. The Morgan fingerprint density at radius 2 is 2.18 bits per heavy atom. The van der Waals surface area contributed by atoms with Crippen molar-refractivity contribution in [1.29, 1.82) is 0 Å². The van der Waals surface area contributed by atoms with Crippen molar-refractivity contribution in [2.24, 2.45) is 0 Å². The van der Waals surface area contributed by atoms with Crippen molar-refractivity contribution in [1.82, 2.24) is 9.88 Å². The molecule has 1 aromatic heterocycles. The van der Waals surface area contributed by atoms with Crippen LogP contribution >= 0.6 is 0 Å². The molecule has 0 radical (unpaired) electrons. The van der Waals surface area contributed by atoms with Crippen LogP contribution in [0.25, 0.3) is 17.1 Å². The maximum Gasteiger partial charge on any atom is 0.253 e. The van der Waals surface area contributed by atoms with E-state index in [0.717, 1.165) is 29.4 Å². The molecule has 0 spiro atoms. The maximum atomic E-state index is 12.0. The number of nitrogens with one attached hydrogen (secondary N) is 1. The molecule has 84 valence electrons. The van der Waals surface area contributed by atoms with Gasteiger partial charge in [0.15, 0.2) is 0 Å². The summed E-state index contributed by atoms with van der Waals surface area (Å²) >= 11 is 0. The number of allylic oxidation sites excluding steroid dienone is 1. The van der Waals surface area contributed by atoms with Crippen LogP contribution in [0.4, 0.5) is 0 Å². The number of carbonyl (C=O) groups is 1. The van der Waals surface area contributed by atoms with Crippen molar-refractivity contribution < 1.29 is 4.79 Å². The van der Waals surface area contributed by atoms with Crippen LogP contribution in [0.1, 0.15) is 28.4 Å². The Bertz CT molecular complexity index is 666. The summed E-state index contributed by atoms with van der Waals surface area (Å²) in [6, 6.07) is 8.12. The summed E-state index contributed by atoms with van der Waals surface area (Å²) in [6.07, 6.45) is 5.30. The molecule has 3 nitrogen and oxygen atoms in total. The van der Waals surface area contributed by atoms with Gasteiger partial charge in [-0.2, -0.15) is 0 Å². The number of amides is 1. The Morgan fingerprint density at radius 3 is 3.12 bits per heavy atom. The van der Waals surface area contributed by atoms with E-state index in [2.05, 4.69) is 28.2 Å². The molecule has 2 aliphatic heterocycles. The topological polar surface area (TPSA) is 34.0 Å². The Hall–Kier alpha value is -2.03. The number of fused-ring (bicyclic) bond motifs is 3. The fourth-order valence-electron chi connectivity index (χ4n) is 3.01. The number of hydrogen-bond donors (Lipinski definition) is 1. The van der Waals surface area contributed by atoms with Crippen LogP contribution in [-0.2, 0) is 0 Å². The van der Waals surface area contributed by atoms with Gasteiger partial charge in [-0.1, -0.05) is 24.3 Å². The lowest BCUT2D eigenvalue weighted by Crippen LogP contribution is -2.35. The molecule has 1 amide bonds. The highest BCUT2D eigenvalue weighted by atomic mass is 16.1. The molecule has 3 heterocycles. The highest BCUT2D eigenvalue weighted by Crippen LogP contribution is 2.37. The molecular weight excluding hydrogens is 212 g/mol. The maximum absolute atomic E-state index is 12.0. The molecule has 1 atom stereocenters. The Balaban J connectivity index is 2.21. The molecular formula is C14H12N2O. The molecule has 1 N–H and O–H groups in total. The largest absolute Gasteiger partial charge is 0.351 e. The van der Waals surface area contributed by atoms with Gasteiger partial charge in [0.2, 0.25) is 0 Å². The van der Waals surface area contributed by atoms with Crippen LogP contribution in [0.5, 0.6) is 0 Å². The molecule has 17 heavy (non-hydrogen) atoms. The highest BCUT2D eigenvalue weighted by Gasteiger charge is 2.32. The monoisotopic (exact) mass is 224 g/mol. The first-order valence-corrected chi connectivity index (χ1v) is 5.94. The average Bonchev–Trinajstić information content (AvgIpc) is 2.71. The van der Waals surface area contributed by atoms with E-state index in [1.165, 1.54) is 5.69 Å². The zero-order valence-corrected chi connectivity index (χ0v) is 9.31. The number of hydrogen-bond acceptors (Lipinski definition) is 1. The predicted octanol–water partition coefficient (Wildman–Crippen LogP) is 2.34. The van der Waals surface area contributed by atoms with Gasteiger partial charge < -0.3 is 9.88 Å². The first kappa shape index (κ1) is 9.05. The van der Waals surface area contributed by atoms with Crippen molar-refractivity contribution in [2.75, 3.05) is 6.54 Å². The number of rotatable bonds is 0. The van der Waals surface area contributed by atoms with Crippen molar-refractivity contribution in [3.05, 3.63) is 41.6 Å². The summed E-state index contributed by atoms with van der Waals surface area (Å²) in [4.78, 5) is 12.0. The summed E-state index contributed by atoms with van der Waals surface area (Å²) in [5, 5.41) is 4.06. The normalized spacial score (nSPS) is 21.4. The minimum absolute atomic E-state index is 0.0708. The van der Waals surface area contributed by atoms with Crippen LogP contribution in [0.3, 0.4) is 0 Å². The SMILES string of the molecule is O=C1NCC2CC=Cn3c2c1c1ccccc13. The highest BCUT2D eigenvalue weighted by molar-refractivity contribution is 6.10. The van der Waals surface area contributed by atoms with E-state index in [-0.39, 0.29) is 5.91 Å². The van der Waals surface area contributed by atoms with Crippen LogP contribution in [-0.4, -0.2) is 17.0 Å². The Labute approximate surface area is 98.7 Å². The van der Waals surface area contributed by atoms with Gasteiger partial charge in [0.05, 0.1) is 11.1 Å². The minimum atomic E-state index is 0.0708. The summed E-state index contributed by atoms with van der Waals surface area (Å²) < 4.78 is 2.18. The van der Waals surface area contributed by atoms with Gasteiger partial charge >= 0.3 is 0 Å². The third kappa shape index (κ3) is 1.04. The van der Waals surface area contributed by atoms with Crippen molar-refractivity contribution >= 4 is 23.0 Å². The van der Waals surface area contributed by atoms with Gasteiger partial charge in [-0.05, 0) is 12.5 Å². The molecule has 1 aromatic carbocycles. The fraction of sp³-hybridized carbons (Fsp3) is 0.214. The average molecular weight is 224 g/mol. The molecule has 0 fully saturated rings. The van der Waals surface area contributed by atoms with Crippen LogP contribution in [0.15, 0.2) is 30.3 Å². The van der Waals surface area contributed by atoms with E-state index in [4.69, 9.17) is 0 Å². The van der Waals surface area contributed by atoms with Crippen LogP contribution in [0.2, 0.25) is 0 Å². The number of carbonyl (C=O) groups excluding carboxylic acids is 1. The second kappa shape index (κ2) is 3.00. The molecule has 2 aromatic rings. The number of nitrogens with zero attached hydrogens (tertiary/aromatic N) is 1. The number of benzene rings is 1. The molecule has 2 aliphatic rings. The third-order valence-corrected chi connectivity index (χ3v) is 3.75. The van der Waals surface area contributed by atoms with Crippen LogP contribution in [0, 0.1) is 0 Å². The van der Waals surface area contributed by atoms with Crippen LogP contribution < -0.4 is 5.32 Å². The van der Waals surface area contributed by atoms with Crippen molar-refractivity contribution in [3.63, 3.8) is 0 Å². The summed E-state index contributed by atoms with van der Waals surface area (Å²) in [5.41, 5.74) is 3.20. The summed E-state index contributed by atoms with van der Waals surface area (Å²) in [7, 11) is 0. The molecule has 0 saturated carbocycles. The molecule has 0 saturated heterocycles. The Kier molecular flexibility index (Phi) is 1.60. The molecule has 4 rings (SSSR count).